The van der Waals surface area contributed by atoms with Crippen molar-refractivity contribution in [1.82, 2.24) is 14.9 Å². The van der Waals surface area contributed by atoms with Gasteiger partial charge in [-0.3, -0.25) is 4.79 Å². The number of methoxy groups -OCH3 is 1. The van der Waals surface area contributed by atoms with Crippen LogP contribution in [0.3, 0.4) is 0 Å². The molecule has 0 saturated carbocycles. The lowest BCUT2D eigenvalue weighted by Crippen LogP contribution is -2.35. The number of carbonyl (C=O) groups excluding carboxylic acids is 1. The minimum atomic E-state index is -0.335. The van der Waals surface area contributed by atoms with E-state index in [-0.39, 0.29) is 11.3 Å². The molecule has 37 heavy (non-hydrogen) atoms. The largest absolute Gasteiger partial charge is 0.493 e. The Balaban J connectivity index is 1.48. The fraction of sp³-hybridized carbons (Fsp3) is 0.484. The molecule has 0 radical (unpaired) electrons. The van der Waals surface area contributed by atoms with E-state index in [1.54, 1.807) is 7.11 Å². The normalized spacial score (nSPS) is 11.5. The number of imidazole rings is 1. The number of fused-ring (bicyclic) bond motifs is 1. The summed E-state index contributed by atoms with van der Waals surface area (Å²) in [5, 5.41) is 3.04. The van der Waals surface area contributed by atoms with Crippen molar-refractivity contribution in [2.24, 2.45) is 5.41 Å². The number of rotatable bonds is 15. The van der Waals surface area contributed by atoms with Crippen molar-refractivity contribution in [2.75, 3.05) is 20.3 Å². The molecule has 0 saturated heterocycles. The summed E-state index contributed by atoms with van der Waals surface area (Å²) in [5.41, 5.74) is 3.07. The van der Waals surface area contributed by atoms with E-state index in [0.29, 0.717) is 6.61 Å². The van der Waals surface area contributed by atoms with Crippen LogP contribution in [0.15, 0.2) is 55.1 Å². The maximum Gasteiger partial charge on any atom is 0.225 e. The minimum absolute atomic E-state index is 0.112. The number of ether oxygens (including phenoxy) is 2. The Morgan fingerprint density at radius 1 is 1.05 bits per heavy atom. The lowest BCUT2D eigenvalue weighted by Gasteiger charge is -2.17. The summed E-state index contributed by atoms with van der Waals surface area (Å²) in [4.78, 5) is 16.9. The smallest absolute Gasteiger partial charge is 0.225 e. The van der Waals surface area contributed by atoms with Crippen LogP contribution in [0.2, 0.25) is 0 Å². The third kappa shape index (κ3) is 8.38. The van der Waals surface area contributed by atoms with Gasteiger partial charge in [0.25, 0.3) is 0 Å². The van der Waals surface area contributed by atoms with Crippen molar-refractivity contribution in [2.45, 2.75) is 72.3 Å². The first kappa shape index (κ1) is 28.3. The van der Waals surface area contributed by atoms with Gasteiger partial charge in [-0.05, 0) is 61.9 Å². The second kappa shape index (κ2) is 13.9. The fourth-order valence-corrected chi connectivity index (χ4v) is 4.30. The topological polar surface area (TPSA) is 65.4 Å². The molecule has 1 heterocycles. The molecule has 0 unspecified atom stereocenters. The molecule has 6 nitrogen and oxygen atoms in total. The highest BCUT2D eigenvalue weighted by Gasteiger charge is 2.20. The number of aryl methyl sites for hydroxylation is 2. The fourth-order valence-electron chi connectivity index (χ4n) is 4.30. The van der Waals surface area contributed by atoms with Crippen LogP contribution >= 0.6 is 0 Å². The Morgan fingerprint density at radius 3 is 2.62 bits per heavy atom. The number of hydrogen-bond donors (Lipinski definition) is 1. The molecular formula is C31H43N3O3. The van der Waals surface area contributed by atoms with E-state index in [9.17, 15) is 4.79 Å². The molecule has 3 aromatic rings. The van der Waals surface area contributed by atoms with Crippen LogP contribution in [0.1, 0.15) is 64.3 Å². The zero-order valence-electron chi connectivity index (χ0n) is 23.0. The Bertz CT molecular complexity index is 1160. The van der Waals surface area contributed by atoms with E-state index < -0.39 is 0 Å². The van der Waals surface area contributed by atoms with Gasteiger partial charge in [0.1, 0.15) is 5.82 Å². The van der Waals surface area contributed by atoms with Crippen molar-refractivity contribution in [3.05, 3.63) is 66.5 Å². The van der Waals surface area contributed by atoms with Gasteiger partial charge in [0.2, 0.25) is 5.91 Å². The van der Waals surface area contributed by atoms with Crippen molar-refractivity contribution in [3.8, 4) is 11.5 Å². The second-order valence-corrected chi connectivity index (χ2v) is 10.5. The summed E-state index contributed by atoms with van der Waals surface area (Å²) in [5.74, 6) is 2.80. The van der Waals surface area contributed by atoms with E-state index in [2.05, 4.69) is 40.7 Å². The van der Waals surface area contributed by atoms with Gasteiger partial charge in [-0.15, -0.1) is 6.58 Å². The molecule has 0 atom stereocenters. The van der Waals surface area contributed by atoms with Gasteiger partial charge in [-0.25, -0.2) is 4.98 Å². The van der Waals surface area contributed by atoms with Crippen LogP contribution in [-0.4, -0.2) is 35.7 Å². The van der Waals surface area contributed by atoms with Gasteiger partial charge in [0.05, 0.1) is 24.8 Å². The Labute approximate surface area is 222 Å². The highest BCUT2D eigenvalue weighted by atomic mass is 16.5. The highest BCUT2D eigenvalue weighted by Crippen LogP contribution is 2.28. The number of para-hydroxylation sites is 2. The molecule has 0 spiro atoms. The van der Waals surface area contributed by atoms with E-state index >= 15 is 0 Å². The van der Waals surface area contributed by atoms with Crippen LogP contribution in [-0.2, 0) is 24.2 Å². The van der Waals surface area contributed by atoms with Crippen molar-refractivity contribution >= 4 is 16.9 Å². The number of carbonyl (C=O) groups is 1. The molecule has 0 bridgehead atoms. The van der Waals surface area contributed by atoms with Gasteiger partial charge >= 0.3 is 0 Å². The molecule has 6 heteroatoms. The van der Waals surface area contributed by atoms with Crippen LogP contribution in [0, 0.1) is 5.41 Å². The van der Waals surface area contributed by atoms with E-state index in [4.69, 9.17) is 14.5 Å². The molecule has 1 N–H and O–H groups in total. The predicted molar refractivity (Wildman–Crippen MR) is 151 cm³/mol. The number of unbranched alkanes of at least 4 members (excludes halogenated alkanes) is 3. The Morgan fingerprint density at radius 2 is 1.86 bits per heavy atom. The predicted octanol–water partition coefficient (Wildman–Crippen LogP) is 6.51. The van der Waals surface area contributed by atoms with E-state index in [0.717, 1.165) is 86.4 Å². The average Bonchev–Trinajstić information content (AvgIpc) is 3.23. The maximum absolute atomic E-state index is 12.0. The molecule has 0 aliphatic carbocycles. The third-order valence-electron chi connectivity index (χ3n) is 6.42. The molecule has 0 aliphatic rings. The molecular weight excluding hydrogens is 462 g/mol. The van der Waals surface area contributed by atoms with Crippen LogP contribution < -0.4 is 14.8 Å². The molecule has 0 aliphatic heterocycles. The molecule has 1 amide bonds. The van der Waals surface area contributed by atoms with Gasteiger partial charge < -0.3 is 19.4 Å². The third-order valence-corrected chi connectivity index (χ3v) is 6.42. The van der Waals surface area contributed by atoms with Crippen molar-refractivity contribution in [3.63, 3.8) is 0 Å². The number of amides is 1. The minimum Gasteiger partial charge on any atom is -0.493 e. The number of hydrogen-bond acceptors (Lipinski definition) is 4. The molecule has 1 aromatic heterocycles. The van der Waals surface area contributed by atoms with Crippen LogP contribution in [0.25, 0.3) is 11.0 Å². The summed E-state index contributed by atoms with van der Waals surface area (Å²) in [6.45, 7) is 11.9. The summed E-state index contributed by atoms with van der Waals surface area (Å²) in [6, 6.07) is 14.4. The summed E-state index contributed by atoms with van der Waals surface area (Å²) in [6.07, 6.45) is 8.68. The van der Waals surface area contributed by atoms with Gasteiger partial charge in [-0.1, -0.05) is 51.5 Å². The number of aromatic nitrogens is 2. The standard InChI is InChI=1S/C31H43N3O3/c1-6-14-24-18-19-27(28(23-24)36-5)37-22-13-12-21-34-26-16-10-9-15-25(26)33-29(34)17-8-7-11-20-32-30(35)31(2,3)4/h6,9-10,15-16,18-19,23H,1,7-8,11-14,17,20-22H2,2-5H3,(H,32,35). The van der Waals surface area contributed by atoms with Gasteiger partial charge in [0.15, 0.2) is 11.5 Å². The molecule has 200 valence electrons. The number of nitrogens with one attached hydrogen (secondary N) is 1. The summed E-state index contributed by atoms with van der Waals surface area (Å²) < 4.78 is 13.9. The number of benzene rings is 2. The van der Waals surface area contributed by atoms with Crippen LogP contribution in [0.5, 0.6) is 11.5 Å². The summed E-state index contributed by atoms with van der Waals surface area (Å²) in [7, 11) is 1.67. The second-order valence-electron chi connectivity index (χ2n) is 10.5. The van der Waals surface area contributed by atoms with E-state index in [1.807, 2.05) is 45.0 Å². The van der Waals surface area contributed by atoms with Gasteiger partial charge in [0, 0.05) is 24.9 Å². The molecule has 2 aromatic carbocycles. The first-order valence-corrected chi connectivity index (χ1v) is 13.5. The lowest BCUT2D eigenvalue weighted by atomic mass is 9.96. The first-order chi connectivity index (χ1) is 17.8. The first-order valence-electron chi connectivity index (χ1n) is 13.5. The molecule has 3 rings (SSSR count). The Kier molecular flexibility index (Phi) is 10.6. The van der Waals surface area contributed by atoms with E-state index in [1.165, 1.54) is 5.52 Å². The Hall–Kier alpha value is -3.28. The average molecular weight is 506 g/mol. The van der Waals surface area contributed by atoms with Gasteiger partial charge in [-0.2, -0.15) is 0 Å². The lowest BCUT2D eigenvalue weighted by molar-refractivity contribution is -0.128. The summed E-state index contributed by atoms with van der Waals surface area (Å²) >= 11 is 0. The van der Waals surface area contributed by atoms with Crippen molar-refractivity contribution in [1.29, 1.82) is 0 Å². The quantitative estimate of drug-likeness (QED) is 0.189. The maximum atomic E-state index is 12.0. The zero-order chi connectivity index (χ0) is 26.7. The SMILES string of the molecule is C=CCc1ccc(OCCCCn2c(CCCCCNC(=O)C(C)(C)C)nc3ccccc32)c(OC)c1. The van der Waals surface area contributed by atoms with Crippen molar-refractivity contribution < 1.29 is 14.3 Å². The molecule has 0 fully saturated rings. The highest BCUT2D eigenvalue weighted by molar-refractivity contribution is 5.81. The van der Waals surface area contributed by atoms with Crippen LogP contribution in [0.4, 0.5) is 0 Å². The zero-order valence-corrected chi connectivity index (χ0v) is 23.0. The number of nitrogens with zero attached hydrogens (tertiary/aromatic N) is 2. The number of allylic oxidation sites excluding steroid dienone is 1. The monoisotopic (exact) mass is 505 g/mol.